The van der Waals surface area contributed by atoms with Gasteiger partial charge in [0.15, 0.2) is 0 Å². The van der Waals surface area contributed by atoms with Crippen molar-refractivity contribution in [2.45, 2.75) is 32.1 Å². The monoisotopic (exact) mass is 347 g/mol. The molecule has 1 aliphatic carbocycles. The Morgan fingerprint density at radius 2 is 2.08 bits per heavy atom. The topological polar surface area (TPSA) is 90.7 Å². The molecule has 0 radical (unpaired) electrons. The van der Waals surface area contributed by atoms with E-state index in [1.54, 1.807) is 18.2 Å². The highest BCUT2D eigenvalue weighted by Gasteiger charge is 2.09. The molecule has 0 unspecified atom stereocenters. The lowest BCUT2D eigenvalue weighted by Gasteiger charge is -2.12. The Bertz CT molecular complexity index is 836. The van der Waals surface area contributed by atoms with Crippen molar-refractivity contribution in [3.63, 3.8) is 0 Å². The molecule has 0 aliphatic heterocycles. The smallest absolute Gasteiger partial charge is 0.271 e. The summed E-state index contributed by atoms with van der Waals surface area (Å²) in [6.07, 6.45) is 10.9. The van der Waals surface area contributed by atoms with Crippen molar-refractivity contribution in [2.24, 2.45) is 0 Å². The van der Waals surface area contributed by atoms with Crippen LogP contribution in [0.3, 0.4) is 0 Å². The van der Waals surface area contributed by atoms with Crippen LogP contribution in [-0.2, 0) is 0 Å². The van der Waals surface area contributed by atoms with Gasteiger partial charge in [0, 0.05) is 6.54 Å². The number of hydrogen-bond acceptors (Lipinski definition) is 5. The van der Waals surface area contributed by atoms with Crippen molar-refractivity contribution in [3.8, 4) is 6.07 Å². The number of carbonyl (C=O) groups is 1. The summed E-state index contributed by atoms with van der Waals surface area (Å²) >= 11 is 0. The van der Waals surface area contributed by atoms with Crippen LogP contribution >= 0.6 is 0 Å². The van der Waals surface area contributed by atoms with Gasteiger partial charge in [-0.05, 0) is 44.2 Å². The fraction of sp³-hybridized carbons (Fsp3) is 0.300. The van der Waals surface area contributed by atoms with Gasteiger partial charge in [-0.15, -0.1) is 0 Å². The lowest BCUT2D eigenvalue weighted by atomic mass is 9.97. The summed E-state index contributed by atoms with van der Waals surface area (Å²) in [6, 6.07) is 9.26. The van der Waals surface area contributed by atoms with Crippen LogP contribution in [0.4, 0.5) is 11.5 Å². The number of para-hydroxylation sites is 1. The molecule has 1 aromatic heterocycles. The maximum Gasteiger partial charge on any atom is 0.271 e. The number of nitrogens with one attached hydrogen (secondary N) is 2. The van der Waals surface area contributed by atoms with E-state index >= 15 is 0 Å². The quantitative estimate of drug-likeness (QED) is 0.777. The molecular weight excluding hydrogens is 326 g/mol. The Morgan fingerprint density at radius 3 is 2.81 bits per heavy atom. The van der Waals surface area contributed by atoms with E-state index in [1.807, 2.05) is 6.07 Å². The molecule has 6 heteroatoms. The Labute approximate surface area is 153 Å². The highest BCUT2D eigenvalue weighted by atomic mass is 16.1. The normalized spacial score (nSPS) is 13.4. The predicted molar refractivity (Wildman–Crippen MR) is 100.0 cm³/mol. The summed E-state index contributed by atoms with van der Waals surface area (Å²) in [6.45, 7) is 0.613. The predicted octanol–water partition coefficient (Wildman–Crippen LogP) is 3.71. The third kappa shape index (κ3) is 4.67. The van der Waals surface area contributed by atoms with Gasteiger partial charge in [-0.3, -0.25) is 4.79 Å². The van der Waals surface area contributed by atoms with Crippen LogP contribution in [-0.4, -0.2) is 22.4 Å². The average molecular weight is 347 g/mol. The van der Waals surface area contributed by atoms with Gasteiger partial charge in [0.1, 0.15) is 17.6 Å². The first-order valence-electron chi connectivity index (χ1n) is 8.80. The minimum Gasteiger partial charge on any atom is -0.350 e. The first kappa shape index (κ1) is 17.6. The highest BCUT2D eigenvalue weighted by molar-refractivity contribution is 5.92. The number of nitrogens with zero attached hydrogens (tertiary/aromatic N) is 3. The Balaban J connectivity index is 1.54. The zero-order valence-electron chi connectivity index (χ0n) is 14.5. The first-order chi connectivity index (χ1) is 12.8. The van der Waals surface area contributed by atoms with Crippen LogP contribution in [0.25, 0.3) is 0 Å². The van der Waals surface area contributed by atoms with E-state index in [0.29, 0.717) is 23.6 Å². The zero-order valence-corrected chi connectivity index (χ0v) is 14.5. The van der Waals surface area contributed by atoms with Crippen LogP contribution in [0.5, 0.6) is 0 Å². The van der Waals surface area contributed by atoms with Crippen LogP contribution in [0, 0.1) is 11.3 Å². The van der Waals surface area contributed by atoms with Gasteiger partial charge in [-0.1, -0.05) is 23.8 Å². The molecule has 1 heterocycles. The molecule has 3 rings (SSSR count). The van der Waals surface area contributed by atoms with Crippen LogP contribution in [0.2, 0.25) is 0 Å². The molecule has 1 aromatic carbocycles. The standard InChI is InChI=1S/C20H21N5O/c21-12-16-8-4-5-9-17(16)25-19-14-23-18(13-24-19)20(26)22-11-10-15-6-2-1-3-7-15/h4-6,8-9,13-14H,1-3,7,10-11H2,(H,22,26)(H,24,25). The third-order valence-electron chi connectivity index (χ3n) is 4.31. The number of nitriles is 1. The second-order valence-electron chi connectivity index (χ2n) is 6.18. The minimum atomic E-state index is -0.224. The summed E-state index contributed by atoms with van der Waals surface area (Å²) in [4.78, 5) is 20.5. The SMILES string of the molecule is N#Cc1ccccc1Nc1cnc(C(=O)NCCC2=CCCCC2)cn1. The minimum absolute atomic E-state index is 0.224. The number of carbonyl (C=O) groups excluding carboxylic acids is 1. The van der Waals surface area contributed by atoms with Gasteiger partial charge in [0.25, 0.3) is 5.91 Å². The fourth-order valence-electron chi connectivity index (χ4n) is 2.90. The van der Waals surface area contributed by atoms with Crippen molar-refractivity contribution >= 4 is 17.4 Å². The van der Waals surface area contributed by atoms with Crippen molar-refractivity contribution < 1.29 is 4.79 Å². The maximum atomic E-state index is 12.2. The van der Waals surface area contributed by atoms with Gasteiger partial charge in [-0.2, -0.15) is 5.26 Å². The van der Waals surface area contributed by atoms with E-state index in [9.17, 15) is 4.79 Å². The third-order valence-corrected chi connectivity index (χ3v) is 4.31. The summed E-state index contributed by atoms with van der Waals surface area (Å²) in [5.41, 5.74) is 2.88. The lowest BCUT2D eigenvalue weighted by Crippen LogP contribution is -2.26. The maximum absolute atomic E-state index is 12.2. The lowest BCUT2D eigenvalue weighted by molar-refractivity contribution is 0.0948. The molecule has 1 amide bonds. The number of benzene rings is 1. The summed E-state index contributed by atoms with van der Waals surface area (Å²) in [5, 5.41) is 15.0. The van der Waals surface area contributed by atoms with Gasteiger partial charge < -0.3 is 10.6 Å². The van der Waals surface area contributed by atoms with E-state index in [1.165, 1.54) is 30.8 Å². The Hall–Kier alpha value is -3.20. The molecule has 132 valence electrons. The highest BCUT2D eigenvalue weighted by Crippen LogP contribution is 2.20. The number of amides is 1. The van der Waals surface area contributed by atoms with E-state index in [0.717, 1.165) is 19.3 Å². The van der Waals surface area contributed by atoms with E-state index in [-0.39, 0.29) is 11.6 Å². The first-order valence-corrected chi connectivity index (χ1v) is 8.80. The van der Waals surface area contributed by atoms with Gasteiger partial charge in [0.05, 0.1) is 23.6 Å². The van der Waals surface area contributed by atoms with Crippen molar-refractivity contribution in [1.29, 1.82) is 5.26 Å². The summed E-state index contributed by atoms with van der Waals surface area (Å²) in [7, 11) is 0. The summed E-state index contributed by atoms with van der Waals surface area (Å²) in [5.74, 6) is 0.259. The molecule has 0 atom stereocenters. The number of allylic oxidation sites excluding steroid dienone is 1. The van der Waals surface area contributed by atoms with Gasteiger partial charge in [0.2, 0.25) is 0 Å². The van der Waals surface area contributed by atoms with Crippen LogP contribution in [0.1, 0.15) is 48.2 Å². The second-order valence-corrected chi connectivity index (χ2v) is 6.18. The Kier molecular flexibility index (Phi) is 5.94. The second kappa shape index (κ2) is 8.77. The molecule has 2 aromatic rings. The van der Waals surface area contributed by atoms with Crippen LogP contribution in [0.15, 0.2) is 48.3 Å². The molecule has 0 saturated heterocycles. The number of anilines is 2. The molecule has 0 fully saturated rings. The van der Waals surface area contributed by atoms with Gasteiger partial charge >= 0.3 is 0 Å². The Morgan fingerprint density at radius 1 is 1.19 bits per heavy atom. The average Bonchev–Trinajstić information content (AvgIpc) is 2.70. The molecular formula is C20H21N5O. The molecule has 0 bridgehead atoms. The van der Waals surface area contributed by atoms with Crippen molar-refractivity contribution in [2.75, 3.05) is 11.9 Å². The molecule has 1 aliphatic rings. The number of hydrogen-bond donors (Lipinski definition) is 2. The van der Waals surface area contributed by atoms with Crippen LogP contribution < -0.4 is 10.6 Å². The van der Waals surface area contributed by atoms with E-state index in [4.69, 9.17) is 5.26 Å². The van der Waals surface area contributed by atoms with E-state index < -0.39 is 0 Å². The molecule has 0 spiro atoms. The largest absolute Gasteiger partial charge is 0.350 e. The van der Waals surface area contributed by atoms with E-state index in [2.05, 4.69) is 32.7 Å². The molecule has 6 nitrogen and oxygen atoms in total. The molecule has 26 heavy (non-hydrogen) atoms. The zero-order chi connectivity index (χ0) is 18.2. The fourth-order valence-corrected chi connectivity index (χ4v) is 2.90. The summed E-state index contributed by atoms with van der Waals surface area (Å²) < 4.78 is 0. The van der Waals surface area contributed by atoms with Crippen molar-refractivity contribution in [3.05, 3.63) is 59.6 Å². The number of rotatable bonds is 6. The van der Waals surface area contributed by atoms with Gasteiger partial charge in [-0.25, -0.2) is 9.97 Å². The molecule has 2 N–H and O–H groups in total. The van der Waals surface area contributed by atoms with Crippen molar-refractivity contribution in [1.82, 2.24) is 15.3 Å². The number of aromatic nitrogens is 2. The molecule has 0 saturated carbocycles.